The van der Waals surface area contributed by atoms with Crippen LogP contribution < -0.4 is 5.43 Å². The zero-order valence-corrected chi connectivity index (χ0v) is 6.90. The highest BCUT2D eigenvalue weighted by Gasteiger charge is 2.06. The summed E-state index contributed by atoms with van der Waals surface area (Å²) in [4.78, 5) is 20.8. The van der Waals surface area contributed by atoms with Gasteiger partial charge in [-0.05, 0) is 12.2 Å². The first-order chi connectivity index (χ1) is 5.76. The molecule has 0 rings (SSSR count). The largest absolute Gasteiger partial charge is 0.464 e. The molecule has 0 saturated carbocycles. The second-order valence-corrected chi connectivity index (χ2v) is 1.71. The van der Waals surface area contributed by atoms with Crippen molar-refractivity contribution in [3.05, 3.63) is 12.2 Å². The van der Waals surface area contributed by atoms with Gasteiger partial charge in [-0.1, -0.05) is 0 Å². The highest BCUT2D eigenvalue weighted by Crippen LogP contribution is 1.84. The molecule has 0 aliphatic carbocycles. The van der Waals surface area contributed by atoms with Gasteiger partial charge < -0.3 is 10.2 Å². The van der Waals surface area contributed by atoms with Gasteiger partial charge in [-0.25, -0.2) is 4.79 Å². The van der Waals surface area contributed by atoms with E-state index in [0.29, 0.717) is 6.29 Å². The third-order valence-electron chi connectivity index (χ3n) is 0.959. The van der Waals surface area contributed by atoms with Crippen LogP contribution in [0, 0.1) is 0 Å². The van der Waals surface area contributed by atoms with E-state index in [0.717, 1.165) is 6.08 Å². The van der Waals surface area contributed by atoms with E-state index in [1.165, 1.54) is 20.2 Å². The van der Waals surface area contributed by atoms with Crippen LogP contribution in [-0.2, 0) is 14.3 Å². The van der Waals surface area contributed by atoms with Crippen LogP contribution >= 0.6 is 0 Å². The number of hydrazone groups is 1. The van der Waals surface area contributed by atoms with Crippen molar-refractivity contribution in [3.63, 3.8) is 0 Å². The predicted molar refractivity (Wildman–Crippen MR) is 43.7 cm³/mol. The lowest BCUT2D eigenvalue weighted by molar-refractivity contribution is -0.132. The Balaban J connectivity index is 4.44. The third kappa shape index (κ3) is 3.50. The number of aldehydes is 1. The molecule has 0 bridgehead atoms. The maximum atomic E-state index is 10.8. The van der Waals surface area contributed by atoms with Gasteiger partial charge in [0.1, 0.15) is 6.29 Å². The number of nitrogens with one attached hydrogen (secondary N) is 1. The van der Waals surface area contributed by atoms with Gasteiger partial charge in [0.25, 0.3) is 0 Å². The zero-order chi connectivity index (χ0) is 9.40. The number of ether oxygens (including phenoxy) is 1. The van der Waals surface area contributed by atoms with Crippen LogP contribution in [-0.4, -0.2) is 32.1 Å². The monoisotopic (exact) mass is 170 g/mol. The molecule has 0 heterocycles. The highest BCUT2D eigenvalue weighted by molar-refractivity contribution is 6.41. The summed E-state index contributed by atoms with van der Waals surface area (Å²) in [5.74, 6) is -0.595. The number of carbonyl (C=O) groups excluding carboxylic acids is 2. The van der Waals surface area contributed by atoms with Crippen molar-refractivity contribution in [2.45, 2.75) is 0 Å². The van der Waals surface area contributed by atoms with Crippen molar-refractivity contribution >= 4 is 18.0 Å². The summed E-state index contributed by atoms with van der Waals surface area (Å²) in [6.45, 7) is 0. The molecule has 0 atom stereocenters. The normalized spacial score (nSPS) is 11.3. The molecule has 1 N–H and O–H groups in total. The van der Waals surface area contributed by atoms with Crippen LogP contribution in [0.3, 0.4) is 0 Å². The number of hydrogen-bond donors (Lipinski definition) is 1. The summed E-state index contributed by atoms with van der Waals surface area (Å²) in [6, 6.07) is 0. The highest BCUT2D eigenvalue weighted by atomic mass is 16.5. The number of hydrogen-bond acceptors (Lipinski definition) is 5. The van der Waals surface area contributed by atoms with Crippen molar-refractivity contribution in [1.82, 2.24) is 5.43 Å². The smallest absolute Gasteiger partial charge is 0.358 e. The van der Waals surface area contributed by atoms with Gasteiger partial charge in [-0.2, -0.15) is 5.10 Å². The van der Waals surface area contributed by atoms with Gasteiger partial charge in [0.15, 0.2) is 5.71 Å². The molecule has 5 nitrogen and oxygen atoms in total. The molecule has 0 spiro atoms. The fourth-order valence-electron chi connectivity index (χ4n) is 0.506. The van der Waals surface area contributed by atoms with Gasteiger partial charge in [-0.3, -0.25) is 4.79 Å². The van der Waals surface area contributed by atoms with E-state index < -0.39 is 5.97 Å². The molecule has 0 aromatic rings. The van der Waals surface area contributed by atoms with E-state index in [2.05, 4.69) is 15.3 Å². The first-order valence-corrected chi connectivity index (χ1v) is 3.20. The summed E-state index contributed by atoms with van der Waals surface area (Å²) in [7, 11) is 2.78. The Kier molecular flexibility index (Phi) is 5.25. The topological polar surface area (TPSA) is 67.8 Å². The summed E-state index contributed by atoms with van der Waals surface area (Å²) < 4.78 is 4.39. The summed E-state index contributed by atoms with van der Waals surface area (Å²) in [5, 5.41) is 3.58. The molecule has 0 amide bonds. The molecule has 0 aromatic carbocycles. The number of rotatable bonds is 4. The van der Waals surface area contributed by atoms with Gasteiger partial charge in [0.05, 0.1) is 7.11 Å². The summed E-state index contributed by atoms with van der Waals surface area (Å²) in [6.07, 6.45) is 2.97. The molecule has 66 valence electrons. The van der Waals surface area contributed by atoms with E-state index in [-0.39, 0.29) is 5.71 Å². The summed E-state index contributed by atoms with van der Waals surface area (Å²) >= 11 is 0. The lowest BCUT2D eigenvalue weighted by atomic mass is 10.3. The summed E-state index contributed by atoms with van der Waals surface area (Å²) in [5.41, 5.74) is 2.46. The molecule has 0 fully saturated rings. The molecule has 12 heavy (non-hydrogen) atoms. The Morgan fingerprint density at radius 2 is 2.25 bits per heavy atom. The molecular weight excluding hydrogens is 160 g/mol. The van der Waals surface area contributed by atoms with Crippen molar-refractivity contribution in [2.24, 2.45) is 5.10 Å². The van der Waals surface area contributed by atoms with E-state index in [9.17, 15) is 9.59 Å². The lowest BCUT2D eigenvalue weighted by Crippen LogP contribution is -2.16. The van der Waals surface area contributed by atoms with Gasteiger partial charge in [0.2, 0.25) is 0 Å². The van der Waals surface area contributed by atoms with Crippen LogP contribution in [0.5, 0.6) is 0 Å². The SMILES string of the molecule is CN/N=C(\C=C/C=O)C(=O)OC. The Morgan fingerprint density at radius 1 is 1.58 bits per heavy atom. The molecule has 0 aliphatic heterocycles. The average Bonchev–Trinajstić information content (AvgIpc) is 2.11. The van der Waals surface area contributed by atoms with Crippen molar-refractivity contribution < 1.29 is 14.3 Å². The van der Waals surface area contributed by atoms with Crippen LogP contribution in [0.25, 0.3) is 0 Å². The van der Waals surface area contributed by atoms with Crippen molar-refractivity contribution in [1.29, 1.82) is 0 Å². The maximum absolute atomic E-state index is 10.8. The minimum Gasteiger partial charge on any atom is -0.464 e. The average molecular weight is 170 g/mol. The van der Waals surface area contributed by atoms with Crippen LogP contribution in [0.1, 0.15) is 0 Å². The molecule has 0 aliphatic rings. The molecule has 0 radical (unpaired) electrons. The van der Waals surface area contributed by atoms with E-state index in [1.54, 1.807) is 0 Å². The first kappa shape index (κ1) is 10.3. The van der Waals surface area contributed by atoms with Crippen molar-refractivity contribution in [3.8, 4) is 0 Å². The first-order valence-electron chi connectivity index (χ1n) is 3.20. The number of methoxy groups -OCH3 is 1. The molecule has 0 unspecified atom stereocenters. The van der Waals surface area contributed by atoms with Crippen molar-refractivity contribution in [2.75, 3.05) is 14.2 Å². The zero-order valence-electron chi connectivity index (χ0n) is 6.90. The van der Waals surface area contributed by atoms with E-state index in [1.807, 2.05) is 0 Å². The number of esters is 1. The van der Waals surface area contributed by atoms with Gasteiger partial charge in [-0.15, -0.1) is 0 Å². The van der Waals surface area contributed by atoms with E-state index in [4.69, 9.17) is 0 Å². The fraction of sp³-hybridized carbons (Fsp3) is 0.286. The van der Waals surface area contributed by atoms with Gasteiger partial charge in [0, 0.05) is 7.05 Å². The predicted octanol–water partition coefficient (Wildman–Crippen LogP) is -0.510. The Bertz CT molecular complexity index is 221. The quantitative estimate of drug-likeness (QED) is 0.203. The minimum absolute atomic E-state index is 0.0482. The Hall–Kier alpha value is -1.65. The number of nitrogens with zero attached hydrogens (tertiary/aromatic N) is 1. The Morgan fingerprint density at radius 3 is 2.67 bits per heavy atom. The molecule has 0 aromatic heterocycles. The molecular formula is C7H10N2O3. The lowest BCUT2D eigenvalue weighted by Gasteiger charge is -1.96. The molecule has 0 saturated heterocycles. The number of allylic oxidation sites excluding steroid dienone is 1. The second kappa shape index (κ2) is 6.09. The molecule has 5 heteroatoms. The third-order valence-corrected chi connectivity index (χ3v) is 0.959. The van der Waals surface area contributed by atoms with E-state index >= 15 is 0 Å². The standard InChI is InChI=1S/C7H10N2O3/c1-8-9-6(4-3-5-10)7(11)12-2/h3-5,8H,1-2H3/b4-3-,9-6+. The fourth-order valence-corrected chi connectivity index (χ4v) is 0.506. The number of carbonyl (C=O) groups is 2. The maximum Gasteiger partial charge on any atom is 0.358 e. The van der Waals surface area contributed by atoms with Crippen LogP contribution in [0.15, 0.2) is 17.3 Å². The van der Waals surface area contributed by atoms with Crippen LogP contribution in [0.2, 0.25) is 0 Å². The minimum atomic E-state index is -0.595. The second-order valence-electron chi connectivity index (χ2n) is 1.71. The van der Waals surface area contributed by atoms with Crippen LogP contribution in [0.4, 0.5) is 0 Å². The Labute approximate surface area is 70.1 Å². The van der Waals surface area contributed by atoms with Gasteiger partial charge >= 0.3 is 5.97 Å².